The molecule has 8 heteroatoms. The summed E-state index contributed by atoms with van der Waals surface area (Å²) in [6.45, 7) is 1.20. The maximum atomic E-state index is 13.1. The summed E-state index contributed by atoms with van der Waals surface area (Å²) in [5, 5.41) is 12.5. The summed E-state index contributed by atoms with van der Waals surface area (Å²) in [6, 6.07) is 13.4. The second-order valence-corrected chi connectivity index (χ2v) is 7.38. The van der Waals surface area contributed by atoms with Gasteiger partial charge in [-0.25, -0.2) is 4.90 Å². The Morgan fingerprint density at radius 1 is 1.07 bits per heavy atom. The molecule has 2 aliphatic rings. The molecule has 0 unspecified atom stereocenters. The first kappa shape index (κ1) is 17.6. The van der Waals surface area contributed by atoms with E-state index in [0.29, 0.717) is 13.1 Å². The van der Waals surface area contributed by atoms with Crippen molar-refractivity contribution in [2.24, 2.45) is 0 Å². The quantitative estimate of drug-likeness (QED) is 0.421. The summed E-state index contributed by atoms with van der Waals surface area (Å²) in [5.41, 5.74) is 3.17. The molecule has 8 nitrogen and oxygen atoms in total. The average Bonchev–Trinajstić information content (AvgIpc) is 3.24. The molecule has 1 aromatic heterocycles. The molecule has 146 valence electrons. The van der Waals surface area contributed by atoms with E-state index >= 15 is 0 Å². The van der Waals surface area contributed by atoms with Gasteiger partial charge in [0.1, 0.15) is 5.69 Å². The van der Waals surface area contributed by atoms with Gasteiger partial charge in [0.2, 0.25) is 5.91 Å². The van der Waals surface area contributed by atoms with Crippen molar-refractivity contribution in [2.45, 2.75) is 25.4 Å². The second-order valence-electron chi connectivity index (χ2n) is 7.38. The van der Waals surface area contributed by atoms with Crippen LogP contribution in [0.25, 0.3) is 10.9 Å². The Hall–Kier alpha value is -3.52. The molecular weight excluding hydrogens is 372 g/mol. The Morgan fingerprint density at radius 2 is 1.83 bits per heavy atom. The monoisotopic (exact) mass is 390 g/mol. The first-order valence-corrected chi connectivity index (χ1v) is 9.47. The lowest BCUT2D eigenvalue weighted by molar-refractivity contribution is -0.384. The SMILES string of the molecule is O=C1C[C@H](N2CCc3c([nH]c4ccccc34)C2)C(=O)N1c1ccccc1[N+](=O)[O-]. The van der Waals surface area contributed by atoms with E-state index in [1.807, 2.05) is 23.1 Å². The Morgan fingerprint density at radius 3 is 2.66 bits per heavy atom. The van der Waals surface area contributed by atoms with Gasteiger partial charge in [-0.05, 0) is 24.1 Å². The summed E-state index contributed by atoms with van der Waals surface area (Å²) < 4.78 is 0. The number of imide groups is 1. The molecule has 3 heterocycles. The van der Waals surface area contributed by atoms with Crippen LogP contribution < -0.4 is 4.90 Å². The number of nitro groups is 1. The number of para-hydroxylation sites is 3. The molecule has 0 spiro atoms. The van der Waals surface area contributed by atoms with E-state index in [2.05, 4.69) is 11.1 Å². The lowest BCUT2D eigenvalue weighted by atomic mass is 10.0. The summed E-state index contributed by atoms with van der Waals surface area (Å²) in [5.74, 6) is -0.805. The van der Waals surface area contributed by atoms with Crippen LogP contribution in [0.3, 0.4) is 0 Å². The largest absolute Gasteiger partial charge is 0.357 e. The molecule has 1 fully saturated rings. The van der Waals surface area contributed by atoms with Gasteiger partial charge in [-0.1, -0.05) is 30.3 Å². The molecule has 2 aromatic carbocycles. The van der Waals surface area contributed by atoms with Crippen LogP contribution >= 0.6 is 0 Å². The normalized spacial score (nSPS) is 19.7. The van der Waals surface area contributed by atoms with Gasteiger partial charge in [0.15, 0.2) is 0 Å². The van der Waals surface area contributed by atoms with E-state index < -0.39 is 22.8 Å². The van der Waals surface area contributed by atoms with Gasteiger partial charge < -0.3 is 4.98 Å². The number of aromatic nitrogens is 1. The highest BCUT2D eigenvalue weighted by atomic mass is 16.6. The fourth-order valence-electron chi connectivity index (χ4n) is 4.44. The third-order valence-electron chi connectivity index (χ3n) is 5.80. The zero-order valence-corrected chi connectivity index (χ0v) is 15.5. The second kappa shape index (κ2) is 6.52. The van der Waals surface area contributed by atoms with Crippen molar-refractivity contribution in [1.29, 1.82) is 0 Å². The van der Waals surface area contributed by atoms with Crippen LogP contribution in [-0.4, -0.2) is 39.2 Å². The number of nitro benzene ring substituents is 1. The van der Waals surface area contributed by atoms with E-state index in [0.717, 1.165) is 22.5 Å². The number of nitrogens with one attached hydrogen (secondary N) is 1. The first-order chi connectivity index (χ1) is 14.0. The van der Waals surface area contributed by atoms with E-state index in [9.17, 15) is 19.7 Å². The summed E-state index contributed by atoms with van der Waals surface area (Å²) >= 11 is 0. The van der Waals surface area contributed by atoms with Crippen LogP contribution in [0.2, 0.25) is 0 Å². The summed E-state index contributed by atoms with van der Waals surface area (Å²) in [4.78, 5) is 42.9. The highest BCUT2D eigenvalue weighted by molar-refractivity contribution is 6.23. The molecule has 3 aromatic rings. The minimum Gasteiger partial charge on any atom is -0.357 e. The van der Waals surface area contributed by atoms with Crippen molar-refractivity contribution in [1.82, 2.24) is 9.88 Å². The molecule has 29 heavy (non-hydrogen) atoms. The topological polar surface area (TPSA) is 99.6 Å². The van der Waals surface area contributed by atoms with E-state index in [1.54, 1.807) is 6.07 Å². The van der Waals surface area contributed by atoms with Crippen molar-refractivity contribution in [3.63, 3.8) is 0 Å². The fraction of sp³-hybridized carbons (Fsp3) is 0.238. The standard InChI is InChI=1S/C21H18N4O4/c26-20-11-19(21(27)24(20)17-7-3-4-8-18(17)25(28)29)23-10-9-14-13-5-1-2-6-15(13)22-16(14)12-23/h1-8,19,22H,9-12H2/t19-/m0/s1. The zero-order chi connectivity index (χ0) is 20.1. The molecule has 0 saturated carbocycles. The number of nitrogens with zero attached hydrogens (tertiary/aromatic N) is 3. The number of hydrogen-bond acceptors (Lipinski definition) is 5. The van der Waals surface area contributed by atoms with E-state index in [-0.39, 0.29) is 17.8 Å². The van der Waals surface area contributed by atoms with Gasteiger partial charge >= 0.3 is 0 Å². The van der Waals surface area contributed by atoms with Gasteiger partial charge in [-0.15, -0.1) is 0 Å². The van der Waals surface area contributed by atoms with Crippen LogP contribution in [0.15, 0.2) is 48.5 Å². The molecule has 0 aliphatic carbocycles. The highest BCUT2D eigenvalue weighted by Gasteiger charge is 2.45. The average molecular weight is 390 g/mol. The first-order valence-electron chi connectivity index (χ1n) is 9.47. The lowest BCUT2D eigenvalue weighted by Gasteiger charge is -2.30. The minimum atomic E-state index is -0.609. The predicted molar refractivity (Wildman–Crippen MR) is 106 cm³/mol. The van der Waals surface area contributed by atoms with E-state index in [1.165, 1.54) is 29.1 Å². The number of benzene rings is 2. The molecule has 2 aliphatic heterocycles. The van der Waals surface area contributed by atoms with Gasteiger partial charge in [-0.2, -0.15) is 0 Å². The maximum Gasteiger partial charge on any atom is 0.293 e. The predicted octanol–water partition coefficient (Wildman–Crippen LogP) is 2.77. The molecule has 5 rings (SSSR count). The number of carbonyl (C=O) groups is 2. The van der Waals surface area contributed by atoms with Gasteiger partial charge in [0.05, 0.1) is 17.4 Å². The maximum absolute atomic E-state index is 13.1. The molecule has 2 amide bonds. The van der Waals surface area contributed by atoms with Crippen LogP contribution in [-0.2, 0) is 22.6 Å². The molecule has 1 N–H and O–H groups in total. The number of aromatic amines is 1. The van der Waals surface area contributed by atoms with Crippen LogP contribution in [0.5, 0.6) is 0 Å². The minimum absolute atomic E-state index is 0.0282. The summed E-state index contributed by atoms with van der Waals surface area (Å²) in [6.07, 6.45) is 0.809. The van der Waals surface area contributed by atoms with Crippen LogP contribution in [0.4, 0.5) is 11.4 Å². The van der Waals surface area contributed by atoms with Crippen molar-refractivity contribution in [3.8, 4) is 0 Å². The summed E-state index contributed by atoms with van der Waals surface area (Å²) in [7, 11) is 0. The Kier molecular flexibility index (Phi) is 3.95. The number of rotatable bonds is 3. The smallest absolute Gasteiger partial charge is 0.293 e. The molecule has 0 radical (unpaired) electrons. The lowest BCUT2D eigenvalue weighted by Crippen LogP contribution is -2.44. The van der Waals surface area contributed by atoms with Crippen LogP contribution in [0.1, 0.15) is 17.7 Å². The number of fused-ring (bicyclic) bond motifs is 3. The van der Waals surface area contributed by atoms with Crippen molar-refractivity contribution < 1.29 is 14.5 Å². The number of anilines is 1. The third-order valence-corrected chi connectivity index (χ3v) is 5.80. The molecule has 0 bridgehead atoms. The zero-order valence-electron chi connectivity index (χ0n) is 15.5. The van der Waals surface area contributed by atoms with Crippen molar-refractivity contribution >= 4 is 34.1 Å². The van der Waals surface area contributed by atoms with Gasteiger partial charge in [0, 0.05) is 35.8 Å². The number of hydrogen-bond donors (Lipinski definition) is 1. The van der Waals surface area contributed by atoms with E-state index in [4.69, 9.17) is 0 Å². The van der Waals surface area contributed by atoms with Crippen molar-refractivity contribution in [3.05, 3.63) is 69.9 Å². The van der Waals surface area contributed by atoms with Gasteiger partial charge in [0.25, 0.3) is 11.6 Å². The third kappa shape index (κ3) is 2.72. The Bertz CT molecular complexity index is 1170. The fourth-order valence-corrected chi connectivity index (χ4v) is 4.44. The Balaban J connectivity index is 1.44. The number of carbonyl (C=O) groups excluding carboxylic acids is 2. The number of H-pyrrole nitrogens is 1. The molecular formula is C21H18N4O4. The van der Waals surface area contributed by atoms with Gasteiger partial charge in [-0.3, -0.25) is 24.6 Å². The van der Waals surface area contributed by atoms with Crippen molar-refractivity contribution in [2.75, 3.05) is 11.4 Å². The number of amides is 2. The molecule has 1 saturated heterocycles. The highest BCUT2D eigenvalue weighted by Crippen LogP contribution is 2.35. The van der Waals surface area contributed by atoms with Crippen LogP contribution in [0, 0.1) is 10.1 Å². The molecule has 1 atom stereocenters. The Labute approximate surface area is 165 Å².